The molecule has 0 heterocycles. The lowest BCUT2D eigenvalue weighted by atomic mass is 10.3. The summed E-state index contributed by atoms with van der Waals surface area (Å²) in [6.07, 6.45) is -4.61. The molecule has 102 valence electrons. The molecule has 0 atom stereocenters. The summed E-state index contributed by atoms with van der Waals surface area (Å²) < 4.78 is 63.2. The third-order valence-electron chi connectivity index (χ3n) is 1.76. The summed E-state index contributed by atoms with van der Waals surface area (Å²) in [7, 11) is -2.83. The van der Waals surface area contributed by atoms with Gasteiger partial charge in [0.1, 0.15) is 5.75 Å². The fraction of sp³-hybridized carbons (Fsp3) is 0.333. The fourth-order valence-corrected chi connectivity index (χ4v) is 1.84. The van der Waals surface area contributed by atoms with Crippen LogP contribution in [0.2, 0.25) is 0 Å². The number of nitrogens with one attached hydrogen (secondary N) is 1. The predicted octanol–water partition coefficient (Wildman–Crippen LogP) is 1.47. The lowest BCUT2D eigenvalue weighted by molar-refractivity contribution is -0.181. The molecular weight excluding hydrogens is 275 g/mol. The minimum absolute atomic E-state index is 0.258. The number of hydrogen-bond donors (Lipinski definition) is 1. The molecule has 0 aliphatic rings. The molecule has 0 bridgehead atoms. The molecule has 0 saturated heterocycles. The molecule has 1 aromatic carbocycles. The van der Waals surface area contributed by atoms with E-state index in [0.29, 0.717) is 0 Å². The second kappa shape index (κ2) is 5.55. The third kappa shape index (κ3) is 4.51. The molecule has 1 N–H and O–H groups in total. The quantitative estimate of drug-likeness (QED) is 0.832. The Balaban J connectivity index is 2.74. The highest BCUT2D eigenvalue weighted by atomic mass is 32.2. The summed E-state index contributed by atoms with van der Waals surface area (Å²) in [5.41, 5.74) is 0. The second-order valence-corrected chi connectivity index (χ2v) is 4.81. The van der Waals surface area contributed by atoms with Gasteiger partial charge in [-0.05, 0) is 12.1 Å². The summed E-state index contributed by atoms with van der Waals surface area (Å²) >= 11 is 0. The maximum Gasteiger partial charge on any atom is 0.413 e. The Morgan fingerprint density at radius 1 is 1.33 bits per heavy atom. The first-order chi connectivity index (χ1) is 8.24. The van der Waals surface area contributed by atoms with E-state index in [1.165, 1.54) is 30.2 Å². The van der Waals surface area contributed by atoms with E-state index in [-0.39, 0.29) is 10.6 Å². The molecule has 18 heavy (non-hydrogen) atoms. The van der Waals surface area contributed by atoms with Crippen molar-refractivity contribution in [2.75, 3.05) is 13.7 Å². The lowest BCUT2D eigenvalue weighted by Crippen LogP contribution is -2.29. The van der Waals surface area contributed by atoms with E-state index in [4.69, 9.17) is 4.74 Å². The van der Waals surface area contributed by atoms with Crippen molar-refractivity contribution >= 4 is 10.0 Å². The molecule has 9 heteroatoms. The Hall–Kier alpha value is -1.32. The van der Waals surface area contributed by atoms with Crippen LogP contribution in [0.3, 0.4) is 0 Å². The summed E-state index contributed by atoms with van der Waals surface area (Å²) in [5.74, 6) is 0.258. The van der Waals surface area contributed by atoms with Crippen molar-refractivity contribution in [3.63, 3.8) is 0 Å². The van der Waals surface area contributed by atoms with Crippen LogP contribution in [0.15, 0.2) is 29.2 Å². The van der Waals surface area contributed by atoms with Crippen LogP contribution in [-0.2, 0) is 14.9 Å². The summed E-state index contributed by atoms with van der Waals surface area (Å²) in [4.78, 5) is 5.01. The van der Waals surface area contributed by atoms with Gasteiger partial charge < -0.3 is 4.74 Å². The number of benzene rings is 1. The number of halogens is 3. The highest BCUT2D eigenvalue weighted by molar-refractivity contribution is 7.89. The monoisotopic (exact) mass is 285 g/mol. The van der Waals surface area contributed by atoms with Gasteiger partial charge in [0.15, 0.2) is 6.61 Å². The van der Waals surface area contributed by atoms with Gasteiger partial charge in [-0.2, -0.15) is 13.2 Å². The molecule has 1 rings (SSSR count). The van der Waals surface area contributed by atoms with Gasteiger partial charge in [0.2, 0.25) is 0 Å². The largest absolute Gasteiger partial charge is 0.497 e. The van der Waals surface area contributed by atoms with Gasteiger partial charge in [0.25, 0.3) is 10.0 Å². The number of hydrogen-bond acceptors (Lipinski definition) is 4. The number of methoxy groups -OCH3 is 1. The van der Waals surface area contributed by atoms with Crippen LogP contribution in [0.4, 0.5) is 13.2 Å². The van der Waals surface area contributed by atoms with Gasteiger partial charge in [-0.3, -0.25) is 4.84 Å². The van der Waals surface area contributed by atoms with Crippen LogP contribution in [0.1, 0.15) is 0 Å². The van der Waals surface area contributed by atoms with E-state index in [9.17, 15) is 21.6 Å². The first-order valence-corrected chi connectivity index (χ1v) is 6.07. The standard InChI is InChI=1S/C9H10F3NO4S/c1-16-7-3-2-4-8(5-7)18(14,15)13-17-6-9(10,11)12/h2-5,13H,6H2,1H3. The smallest absolute Gasteiger partial charge is 0.413 e. The molecule has 0 aromatic heterocycles. The molecule has 0 spiro atoms. The molecule has 1 aromatic rings. The molecule has 0 aliphatic carbocycles. The Bertz CT molecular complexity index is 501. The highest BCUT2D eigenvalue weighted by Crippen LogP contribution is 2.18. The molecule has 0 radical (unpaired) electrons. The Labute approximate surface area is 102 Å². The van der Waals surface area contributed by atoms with Gasteiger partial charge in [0.05, 0.1) is 12.0 Å². The zero-order valence-corrected chi connectivity index (χ0v) is 10.0. The van der Waals surface area contributed by atoms with Crippen LogP contribution in [0.5, 0.6) is 5.75 Å². The molecule has 0 fully saturated rings. The topological polar surface area (TPSA) is 64.6 Å². The van der Waals surface area contributed by atoms with Gasteiger partial charge in [-0.1, -0.05) is 11.0 Å². The summed E-state index contributed by atoms with van der Waals surface area (Å²) in [6, 6.07) is 5.23. The van der Waals surface area contributed by atoms with Crippen molar-refractivity contribution in [1.82, 2.24) is 4.89 Å². The fourth-order valence-electron chi connectivity index (χ4n) is 1.01. The van der Waals surface area contributed by atoms with Gasteiger partial charge in [0, 0.05) is 6.07 Å². The Morgan fingerprint density at radius 2 is 2.00 bits per heavy atom. The number of rotatable bonds is 5. The van der Waals surface area contributed by atoms with Crippen LogP contribution in [0, 0.1) is 0 Å². The zero-order valence-electron chi connectivity index (χ0n) is 9.19. The van der Waals surface area contributed by atoms with Crippen LogP contribution >= 0.6 is 0 Å². The van der Waals surface area contributed by atoms with Gasteiger partial charge in [-0.15, -0.1) is 0 Å². The Morgan fingerprint density at radius 3 is 2.56 bits per heavy atom. The van der Waals surface area contributed by atoms with E-state index >= 15 is 0 Å². The van der Waals surface area contributed by atoms with E-state index in [2.05, 4.69) is 4.84 Å². The normalized spacial score (nSPS) is 12.4. The van der Waals surface area contributed by atoms with E-state index in [1.54, 1.807) is 0 Å². The minimum Gasteiger partial charge on any atom is -0.497 e. The summed E-state index contributed by atoms with van der Waals surface area (Å²) in [5, 5.41) is 0. The Kier molecular flexibility index (Phi) is 4.54. The van der Waals surface area contributed by atoms with Crippen molar-refractivity contribution in [1.29, 1.82) is 0 Å². The maximum atomic E-state index is 11.8. The molecule has 0 aliphatic heterocycles. The average molecular weight is 285 g/mol. The van der Waals surface area contributed by atoms with Gasteiger partial charge >= 0.3 is 6.18 Å². The highest BCUT2D eigenvalue weighted by Gasteiger charge is 2.29. The maximum absolute atomic E-state index is 11.8. The SMILES string of the molecule is COc1cccc(S(=O)(=O)NOCC(F)(F)F)c1. The number of ether oxygens (including phenoxy) is 1. The van der Waals surface area contributed by atoms with E-state index < -0.39 is 22.8 Å². The first kappa shape index (κ1) is 14.7. The van der Waals surface area contributed by atoms with E-state index in [0.717, 1.165) is 6.07 Å². The lowest BCUT2D eigenvalue weighted by Gasteiger charge is -2.09. The zero-order chi connectivity index (χ0) is 13.8. The van der Waals surface area contributed by atoms with Crippen molar-refractivity contribution in [2.45, 2.75) is 11.1 Å². The van der Waals surface area contributed by atoms with E-state index in [1.807, 2.05) is 0 Å². The molecule has 0 saturated carbocycles. The van der Waals surface area contributed by atoms with Gasteiger partial charge in [-0.25, -0.2) is 8.42 Å². The summed E-state index contributed by atoms with van der Waals surface area (Å²) in [6.45, 7) is -1.71. The molecule has 0 amide bonds. The van der Waals surface area contributed by atoms with Crippen LogP contribution in [0.25, 0.3) is 0 Å². The average Bonchev–Trinajstić information content (AvgIpc) is 2.27. The van der Waals surface area contributed by atoms with Crippen LogP contribution < -0.4 is 9.62 Å². The molecule has 0 unspecified atom stereocenters. The number of alkyl halides is 3. The minimum atomic E-state index is -4.61. The second-order valence-electron chi connectivity index (χ2n) is 3.17. The van der Waals surface area contributed by atoms with Crippen LogP contribution in [-0.4, -0.2) is 28.3 Å². The predicted molar refractivity (Wildman–Crippen MR) is 55.3 cm³/mol. The first-order valence-electron chi connectivity index (χ1n) is 4.59. The molecule has 5 nitrogen and oxygen atoms in total. The third-order valence-corrected chi connectivity index (χ3v) is 2.97. The van der Waals surface area contributed by atoms with Crippen molar-refractivity contribution in [2.24, 2.45) is 0 Å². The van der Waals surface area contributed by atoms with Crippen molar-refractivity contribution in [3.05, 3.63) is 24.3 Å². The van der Waals surface area contributed by atoms with Crippen molar-refractivity contribution < 1.29 is 31.2 Å². The molecular formula is C9H10F3NO4S. The number of sulfonamides is 1. The van der Waals surface area contributed by atoms with Crippen molar-refractivity contribution in [3.8, 4) is 5.75 Å².